The fraction of sp³-hybridized carbons (Fsp3) is 0.154. The molecule has 2 rings (SSSR count). The van der Waals surface area contributed by atoms with Gasteiger partial charge < -0.3 is 5.73 Å². The zero-order valence-corrected chi connectivity index (χ0v) is 10.8. The van der Waals surface area contributed by atoms with Crippen LogP contribution in [0.5, 0.6) is 0 Å². The fourth-order valence-electron chi connectivity index (χ4n) is 1.61. The topological polar surface area (TPSA) is 38.9 Å². The van der Waals surface area contributed by atoms with E-state index in [-0.39, 0.29) is 6.04 Å². The maximum absolute atomic E-state index is 6.14. The zero-order chi connectivity index (χ0) is 12.4. The molecule has 0 aliphatic carbocycles. The molecular weight excluding hydrogens is 255 g/mol. The third-order valence-corrected chi connectivity index (χ3v) is 3.30. The summed E-state index contributed by atoms with van der Waals surface area (Å²) in [6, 6.07) is 9.00. The average Bonchev–Trinajstić information content (AvgIpc) is 2.32. The van der Waals surface area contributed by atoms with Gasteiger partial charge in [0.05, 0.1) is 21.8 Å². The van der Waals surface area contributed by atoms with Crippen LogP contribution in [-0.2, 0) is 0 Å². The highest BCUT2D eigenvalue weighted by Crippen LogP contribution is 2.27. The highest BCUT2D eigenvalue weighted by atomic mass is 35.5. The minimum Gasteiger partial charge on any atom is -0.319 e. The van der Waals surface area contributed by atoms with Crippen molar-refractivity contribution in [1.29, 1.82) is 0 Å². The van der Waals surface area contributed by atoms with Gasteiger partial charge in [-0.2, -0.15) is 0 Å². The second-order valence-electron chi connectivity index (χ2n) is 3.91. The lowest BCUT2D eigenvalue weighted by atomic mass is 10.0. The third-order valence-electron chi connectivity index (χ3n) is 2.56. The van der Waals surface area contributed by atoms with Crippen LogP contribution < -0.4 is 5.73 Å². The van der Waals surface area contributed by atoms with Crippen molar-refractivity contribution in [3.8, 4) is 0 Å². The van der Waals surface area contributed by atoms with Gasteiger partial charge in [0.25, 0.3) is 0 Å². The molecule has 2 aromatic rings. The molecule has 2 N–H and O–H groups in total. The summed E-state index contributed by atoms with van der Waals surface area (Å²) in [6.07, 6.45) is 1.75. The lowest BCUT2D eigenvalue weighted by Gasteiger charge is -2.12. The van der Waals surface area contributed by atoms with Crippen molar-refractivity contribution in [3.63, 3.8) is 0 Å². The summed E-state index contributed by atoms with van der Waals surface area (Å²) < 4.78 is 0. The summed E-state index contributed by atoms with van der Waals surface area (Å²) in [5.74, 6) is 0. The standard InChI is InChI=1S/C13H12Cl2N2/c1-8-4-5-17-12(6-8)13(16)9-2-3-10(14)11(15)7-9/h2-7,13H,16H2,1H3. The minimum atomic E-state index is -0.287. The van der Waals surface area contributed by atoms with Crippen molar-refractivity contribution in [3.05, 3.63) is 63.4 Å². The third kappa shape index (κ3) is 2.78. The normalized spacial score (nSPS) is 12.5. The first kappa shape index (κ1) is 12.4. The minimum absolute atomic E-state index is 0.287. The first-order valence-electron chi connectivity index (χ1n) is 5.21. The van der Waals surface area contributed by atoms with E-state index < -0.39 is 0 Å². The molecule has 1 aromatic carbocycles. The van der Waals surface area contributed by atoms with Gasteiger partial charge in [-0.3, -0.25) is 4.98 Å². The Morgan fingerprint density at radius 3 is 2.53 bits per heavy atom. The molecule has 1 heterocycles. The van der Waals surface area contributed by atoms with Crippen LogP contribution in [0.2, 0.25) is 10.0 Å². The SMILES string of the molecule is Cc1ccnc(C(N)c2ccc(Cl)c(Cl)c2)c1. The number of aryl methyl sites for hydroxylation is 1. The van der Waals surface area contributed by atoms with Gasteiger partial charge in [0.1, 0.15) is 0 Å². The molecule has 0 aliphatic rings. The van der Waals surface area contributed by atoms with Crippen molar-refractivity contribution in [2.45, 2.75) is 13.0 Å². The number of benzene rings is 1. The summed E-state index contributed by atoms with van der Waals surface area (Å²) in [7, 11) is 0. The molecule has 0 spiro atoms. The van der Waals surface area contributed by atoms with Gasteiger partial charge in [0.15, 0.2) is 0 Å². The second kappa shape index (κ2) is 5.05. The van der Waals surface area contributed by atoms with E-state index in [1.165, 1.54) is 0 Å². The first-order valence-corrected chi connectivity index (χ1v) is 5.96. The molecule has 0 aliphatic heterocycles. The van der Waals surface area contributed by atoms with Crippen LogP contribution >= 0.6 is 23.2 Å². The molecule has 0 fully saturated rings. The van der Waals surface area contributed by atoms with E-state index in [1.807, 2.05) is 25.1 Å². The molecule has 0 amide bonds. The molecule has 1 unspecified atom stereocenters. The Hall–Kier alpha value is -1.09. The number of hydrogen-bond donors (Lipinski definition) is 1. The Labute approximate surface area is 110 Å². The van der Waals surface area contributed by atoms with E-state index in [9.17, 15) is 0 Å². The van der Waals surface area contributed by atoms with Gasteiger partial charge in [-0.05, 0) is 42.3 Å². The summed E-state index contributed by atoms with van der Waals surface area (Å²) in [5, 5.41) is 1.03. The lowest BCUT2D eigenvalue weighted by molar-refractivity contribution is 0.826. The van der Waals surface area contributed by atoms with Gasteiger partial charge in [0, 0.05) is 6.20 Å². The number of hydrogen-bond acceptors (Lipinski definition) is 2. The van der Waals surface area contributed by atoms with Gasteiger partial charge in [-0.15, -0.1) is 0 Å². The van der Waals surface area contributed by atoms with Crippen LogP contribution in [0.25, 0.3) is 0 Å². The highest BCUT2D eigenvalue weighted by Gasteiger charge is 2.11. The van der Waals surface area contributed by atoms with Gasteiger partial charge in [-0.1, -0.05) is 29.3 Å². The summed E-state index contributed by atoms with van der Waals surface area (Å²) in [5.41, 5.74) is 8.99. The maximum atomic E-state index is 6.14. The molecule has 17 heavy (non-hydrogen) atoms. The Bertz CT molecular complexity index is 541. The van der Waals surface area contributed by atoms with E-state index in [0.717, 1.165) is 16.8 Å². The summed E-state index contributed by atoms with van der Waals surface area (Å²) >= 11 is 11.8. The number of nitrogens with two attached hydrogens (primary N) is 1. The molecule has 2 nitrogen and oxygen atoms in total. The molecule has 1 atom stereocenters. The summed E-state index contributed by atoms with van der Waals surface area (Å²) in [6.45, 7) is 2.01. The molecule has 88 valence electrons. The van der Waals surface area contributed by atoms with Crippen molar-refractivity contribution in [1.82, 2.24) is 4.98 Å². The molecule has 4 heteroatoms. The molecule has 0 bridgehead atoms. The summed E-state index contributed by atoms with van der Waals surface area (Å²) in [4.78, 5) is 4.27. The number of pyridine rings is 1. The number of aromatic nitrogens is 1. The van der Waals surface area contributed by atoms with Crippen LogP contribution in [-0.4, -0.2) is 4.98 Å². The quantitative estimate of drug-likeness (QED) is 0.900. The van der Waals surface area contributed by atoms with Crippen LogP contribution in [0.4, 0.5) is 0 Å². The lowest BCUT2D eigenvalue weighted by Crippen LogP contribution is -2.13. The molecule has 0 saturated carbocycles. The molecule has 0 saturated heterocycles. The predicted molar refractivity (Wildman–Crippen MR) is 71.5 cm³/mol. The maximum Gasteiger partial charge on any atom is 0.0727 e. The monoisotopic (exact) mass is 266 g/mol. The van der Waals surface area contributed by atoms with Crippen molar-refractivity contribution < 1.29 is 0 Å². The fourth-order valence-corrected chi connectivity index (χ4v) is 1.91. The van der Waals surface area contributed by atoms with Crippen molar-refractivity contribution >= 4 is 23.2 Å². The van der Waals surface area contributed by atoms with E-state index in [0.29, 0.717) is 10.0 Å². The van der Waals surface area contributed by atoms with E-state index in [2.05, 4.69) is 4.98 Å². The smallest absolute Gasteiger partial charge is 0.0727 e. The second-order valence-corrected chi connectivity index (χ2v) is 4.72. The van der Waals surface area contributed by atoms with Gasteiger partial charge >= 0.3 is 0 Å². The Morgan fingerprint density at radius 2 is 1.88 bits per heavy atom. The molecule has 1 aromatic heterocycles. The number of rotatable bonds is 2. The van der Waals surface area contributed by atoms with Crippen LogP contribution in [0.1, 0.15) is 22.9 Å². The Morgan fingerprint density at radius 1 is 1.12 bits per heavy atom. The van der Waals surface area contributed by atoms with Crippen molar-refractivity contribution in [2.75, 3.05) is 0 Å². The number of halogens is 2. The van der Waals surface area contributed by atoms with E-state index >= 15 is 0 Å². The molecule has 0 radical (unpaired) electrons. The highest BCUT2D eigenvalue weighted by molar-refractivity contribution is 6.42. The van der Waals surface area contributed by atoms with Gasteiger partial charge in [0.2, 0.25) is 0 Å². The van der Waals surface area contributed by atoms with Crippen molar-refractivity contribution in [2.24, 2.45) is 5.73 Å². The zero-order valence-electron chi connectivity index (χ0n) is 9.32. The Kier molecular flexibility index (Phi) is 3.67. The van der Waals surface area contributed by atoms with Gasteiger partial charge in [-0.25, -0.2) is 0 Å². The molecular formula is C13H12Cl2N2. The van der Waals surface area contributed by atoms with E-state index in [1.54, 1.807) is 18.3 Å². The van der Waals surface area contributed by atoms with Crippen LogP contribution in [0.15, 0.2) is 36.5 Å². The largest absolute Gasteiger partial charge is 0.319 e. The van der Waals surface area contributed by atoms with Crippen LogP contribution in [0, 0.1) is 6.92 Å². The average molecular weight is 267 g/mol. The number of nitrogens with zero attached hydrogens (tertiary/aromatic N) is 1. The Balaban J connectivity index is 2.36. The van der Waals surface area contributed by atoms with Crippen LogP contribution in [0.3, 0.4) is 0 Å². The first-order chi connectivity index (χ1) is 8.08. The predicted octanol–water partition coefficient (Wildman–Crippen LogP) is 3.74. The van der Waals surface area contributed by atoms with E-state index in [4.69, 9.17) is 28.9 Å².